The van der Waals surface area contributed by atoms with Crippen LogP contribution in [0.2, 0.25) is 0 Å². The van der Waals surface area contributed by atoms with Crippen LogP contribution in [-0.2, 0) is 31.6 Å². The average Bonchev–Trinajstić information content (AvgIpc) is 3.21. The molecule has 0 saturated carbocycles. The molecule has 1 heterocycles. The molecule has 1 unspecified atom stereocenters. The van der Waals surface area contributed by atoms with Crippen LogP contribution in [0, 0.1) is 0 Å². The number of nitrogens with zero attached hydrogens (tertiary/aromatic N) is 1. The van der Waals surface area contributed by atoms with Gasteiger partial charge in [-0.05, 0) is 49.2 Å². The minimum atomic E-state index is -6.09. The summed E-state index contributed by atoms with van der Waals surface area (Å²) in [4.78, 5) is 27.4. The Hall–Kier alpha value is -3.17. The van der Waals surface area contributed by atoms with Crippen molar-refractivity contribution < 1.29 is 54.6 Å². The van der Waals surface area contributed by atoms with Crippen LogP contribution in [-0.4, -0.2) is 59.1 Å². The van der Waals surface area contributed by atoms with E-state index < -0.39 is 63.2 Å². The lowest BCUT2D eigenvalue weighted by Gasteiger charge is -2.32. The predicted molar refractivity (Wildman–Crippen MR) is 129 cm³/mol. The van der Waals surface area contributed by atoms with Crippen LogP contribution in [0.3, 0.4) is 0 Å². The molecule has 8 nitrogen and oxygen atoms in total. The van der Waals surface area contributed by atoms with E-state index in [0.29, 0.717) is 17.7 Å². The normalized spacial score (nSPS) is 16.6. The van der Waals surface area contributed by atoms with E-state index in [0.717, 1.165) is 17.0 Å². The van der Waals surface area contributed by atoms with Gasteiger partial charge >= 0.3 is 12.4 Å². The third kappa shape index (κ3) is 5.95. The van der Waals surface area contributed by atoms with Crippen LogP contribution in [0.25, 0.3) is 0 Å². The Labute approximate surface area is 225 Å². The Kier molecular flexibility index (Phi) is 8.11. The standard InChI is InChI=1S/C25H26F6N2O6S/c1-4-40(38,39)17-9-10-18-14(11-17)13-33(19(34)12-22(2,3)36)20(18)21(35)32-16-7-5-15(6-8-16)23(37,24(26,27)28)25(29,30)31/h5-11,20,36-37H,4,12-13H2,1-3H3,(H,32,35). The highest BCUT2D eigenvalue weighted by molar-refractivity contribution is 7.91. The van der Waals surface area contributed by atoms with Gasteiger partial charge in [-0.3, -0.25) is 9.59 Å². The van der Waals surface area contributed by atoms with Gasteiger partial charge in [-0.15, -0.1) is 0 Å². The van der Waals surface area contributed by atoms with Gasteiger partial charge in [0.15, 0.2) is 9.84 Å². The van der Waals surface area contributed by atoms with Gasteiger partial charge in [0.1, 0.15) is 6.04 Å². The molecular formula is C25H26F6N2O6S. The Bertz CT molecular complexity index is 1380. The number of anilines is 1. The highest BCUT2D eigenvalue weighted by Crippen LogP contribution is 2.50. The molecule has 3 rings (SSSR count). The molecule has 0 aliphatic carbocycles. The van der Waals surface area contributed by atoms with Gasteiger partial charge in [0.05, 0.1) is 22.7 Å². The SMILES string of the molecule is CCS(=O)(=O)c1ccc2c(c1)CN(C(=O)CC(C)(C)O)C2C(=O)Nc1ccc(C(O)(C(F)(F)F)C(F)(F)F)cc1. The number of benzene rings is 2. The molecule has 0 radical (unpaired) electrons. The van der Waals surface area contributed by atoms with E-state index in [4.69, 9.17) is 0 Å². The molecule has 2 aromatic carbocycles. The number of alkyl halides is 6. The number of hydrogen-bond donors (Lipinski definition) is 3. The van der Waals surface area contributed by atoms with E-state index in [1.54, 1.807) is 0 Å². The average molecular weight is 597 g/mol. The summed E-state index contributed by atoms with van der Waals surface area (Å²) in [5.41, 5.74) is -7.81. The van der Waals surface area contributed by atoms with Gasteiger partial charge in [-0.1, -0.05) is 25.1 Å². The van der Waals surface area contributed by atoms with E-state index in [1.807, 2.05) is 0 Å². The third-order valence-electron chi connectivity index (χ3n) is 6.34. The highest BCUT2D eigenvalue weighted by atomic mass is 32.2. The third-order valence-corrected chi connectivity index (χ3v) is 8.08. The molecule has 1 aliphatic rings. The molecule has 0 spiro atoms. The van der Waals surface area contributed by atoms with Gasteiger partial charge in [0.2, 0.25) is 5.91 Å². The maximum Gasteiger partial charge on any atom is 0.430 e. The quantitative estimate of drug-likeness (QED) is 0.416. The number of fused-ring (bicyclic) bond motifs is 1. The van der Waals surface area contributed by atoms with Crippen LogP contribution in [0.15, 0.2) is 47.4 Å². The van der Waals surface area contributed by atoms with Crippen LogP contribution < -0.4 is 5.32 Å². The van der Waals surface area contributed by atoms with Crippen LogP contribution >= 0.6 is 0 Å². The Balaban J connectivity index is 1.97. The van der Waals surface area contributed by atoms with Gasteiger partial charge in [-0.2, -0.15) is 26.3 Å². The first kappa shape index (κ1) is 31.4. The van der Waals surface area contributed by atoms with Crippen LogP contribution in [0.4, 0.5) is 32.0 Å². The number of amides is 2. The van der Waals surface area contributed by atoms with Gasteiger partial charge in [0.25, 0.3) is 11.5 Å². The van der Waals surface area contributed by atoms with Crippen molar-refractivity contribution in [2.24, 2.45) is 0 Å². The lowest BCUT2D eigenvalue weighted by atomic mass is 9.92. The first-order valence-electron chi connectivity index (χ1n) is 11.8. The minimum absolute atomic E-state index is 0.0397. The summed E-state index contributed by atoms with van der Waals surface area (Å²) in [6.45, 7) is 3.96. The second kappa shape index (κ2) is 10.3. The Morgan fingerprint density at radius 2 is 1.52 bits per heavy atom. The number of nitrogens with one attached hydrogen (secondary N) is 1. The second-order valence-electron chi connectivity index (χ2n) is 9.95. The molecule has 2 aromatic rings. The molecule has 2 amide bonds. The number of sulfone groups is 1. The molecule has 0 bridgehead atoms. The van der Waals surface area contributed by atoms with Crippen molar-refractivity contribution in [3.05, 3.63) is 59.2 Å². The number of carbonyl (C=O) groups is 2. The molecule has 1 aliphatic heterocycles. The van der Waals surface area contributed by atoms with Crippen molar-refractivity contribution in [3.8, 4) is 0 Å². The Morgan fingerprint density at radius 1 is 0.975 bits per heavy atom. The first-order valence-corrected chi connectivity index (χ1v) is 13.4. The summed E-state index contributed by atoms with van der Waals surface area (Å²) in [7, 11) is -3.63. The fourth-order valence-corrected chi connectivity index (χ4v) is 5.20. The maximum atomic E-state index is 13.3. The maximum absolute atomic E-state index is 13.3. The van der Waals surface area contributed by atoms with Crippen molar-refractivity contribution in [1.82, 2.24) is 4.90 Å². The topological polar surface area (TPSA) is 124 Å². The number of halogens is 6. The molecule has 40 heavy (non-hydrogen) atoms. The van der Waals surface area contributed by atoms with Gasteiger partial charge in [-0.25, -0.2) is 8.42 Å². The molecule has 220 valence electrons. The highest BCUT2D eigenvalue weighted by Gasteiger charge is 2.71. The molecule has 0 fully saturated rings. The molecule has 3 N–H and O–H groups in total. The van der Waals surface area contributed by atoms with Crippen molar-refractivity contribution in [2.45, 2.75) is 68.2 Å². The van der Waals surface area contributed by atoms with Gasteiger partial charge in [0, 0.05) is 17.8 Å². The summed E-state index contributed by atoms with van der Waals surface area (Å²) in [5, 5.41) is 22.0. The summed E-state index contributed by atoms with van der Waals surface area (Å²) in [5.74, 6) is -1.77. The molecular weight excluding hydrogens is 570 g/mol. The van der Waals surface area contributed by atoms with Crippen LogP contribution in [0.1, 0.15) is 49.9 Å². The fraction of sp³-hybridized carbons (Fsp3) is 0.440. The van der Waals surface area contributed by atoms with Crippen LogP contribution in [0.5, 0.6) is 0 Å². The molecule has 15 heteroatoms. The zero-order valence-corrected chi connectivity index (χ0v) is 22.2. The zero-order chi connectivity index (χ0) is 30.5. The van der Waals surface area contributed by atoms with Gasteiger partial charge < -0.3 is 20.4 Å². The number of carbonyl (C=O) groups excluding carboxylic acids is 2. The number of rotatable bonds is 7. The summed E-state index contributed by atoms with van der Waals surface area (Å²) >= 11 is 0. The van der Waals surface area contributed by atoms with Crippen molar-refractivity contribution >= 4 is 27.3 Å². The zero-order valence-electron chi connectivity index (χ0n) is 21.4. The van der Waals surface area contributed by atoms with E-state index in [2.05, 4.69) is 5.32 Å². The molecule has 0 saturated heterocycles. The smallest absolute Gasteiger partial charge is 0.390 e. The molecule has 1 atom stereocenters. The van der Waals surface area contributed by atoms with E-state index in [1.165, 1.54) is 39.0 Å². The van der Waals surface area contributed by atoms with Crippen molar-refractivity contribution in [2.75, 3.05) is 11.1 Å². The summed E-state index contributed by atoms with van der Waals surface area (Å²) in [6, 6.07) is 4.73. The van der Waals surface area contributed by atoms with Crippen molar-refractivity contribution in [3.63, 3.8) is 0 Å². The fourth-order valence-electron chi connectivity index (χ4n) is 4.27. The second-order valence-corrected chi connectivity index (χ2v) is 12.2. The van der Waals surface area contributed by atoms with Crippen molar-refractivity contribution in [1.29, 1.82) is 0 Å². The number of aliphatic hydroxyl groups is 2. The van der Waals surface area contributed by atoms with E-state index >= 15 is 0 Å². The monoisotopic (exact) mass is 596 g/mol. The number of hydrogen-bond acceptors (Lipinski definition) is 6. The lowest BCUT2D eigenvalue weighted by molar-refractivity contribution is -0.376. The summed E-state index contributed by atoms with van der Waals surface area (Å²) < 4.78 is 104. The minimum Gasteiger partial charge on any atom is -0.390 e. The Morgan fingerprint density at radius 3 is 2.00 bits per heavy atom. The first-order chi connectivity index (χ1) is 18.1. The largest absolute Gasteiger partial charge is 0.430 e. The lowest BCUT2D eigenvalue weighted by Crippen LogP contribution is -2.53. The van der Waals surface area contributed by atoms with E-state index in [-0.39, 0.29) is 28.4 Å². The molecule has 0 aromatic heterocycles. The predicted octanol–water partition coefficient (Wildman–Crippen LogP) is 3.98. The van der Waals surface area contributed by atoms with E-state index in [9.17, 15) is 54.6 Å². The summed E-state index contributed by atoms with van der Waals surface area (Å²) in [6.07, 6.45) is -12.6.